The van der Waals surface area contributed by atoms with Crippen LogP contribution in [0.1, 0.15) is 226 Å². The quantitative estimate of drug-likeness (QED) is 0.0245. The number of hydrogen-bond donors (Lipinski definition) is 3. The van der Waals surface area contributed by atoms with Crippen molar-refractivity contribution in [1.82, 2.24) is 5.32 Å². The number of quaternary nitrogens is 1. The van der Waals surface area contributed by atoms with E-state index in [0.29, 0.717) is 17.4 Å². The number of likely N-dealkylation sites (N-methyl/N-ethyl adjacent to an activating group) is 1. The summed E-state index contributed by atoms with van der Waals surface area (Å²) in [5.41, 5.74) is 0. The van der Waals surface area contributed by atoms with Gasteiger partial charge in [-0.1, -0.05) is 212 Å². The second kappa shape index (κ2) is 38.7. The van der Waals surface area contributed by atoms with Crippen molar-refractivity contribution in [2.45, 2.75) is 238 Å². The molecule has 0 aromatic heterocycles. The minimum absolute atomic E-state index is 0.0643. The first kappa shape index (κ1) is 54.2. The van der Waals surface area contributed by atoms with Crippen molar-refractivity contribution in [3.63, 3.8) is 0 Å². The smallest absolute Gasteiger partial charge is 0.387 e. The Morgan fingerprint density at radius 1 is 0.600 bits per heavy atom. The van der Waals surface area contributed by atoms with E-state index in [4.69, 9.17) is 9.05 Å². The van der Waals surface area contributed by atoms with Gasteiger partial charge in [-0.3, -0.25) is 13.8 Å². The van der Waals surface area contributed by atoms with Crippen LogP contribution in [0.5, 0.6) is 0 Å². The van der Waals surface area contributed by atoms with Gasteiger partial charge < -0.3 is 19.8 Å². The molecule has 0 aliphatic heterocycles. The van der Waals surface area contributed by atoms with Gasteiger partial charge in [0.05, 0.1) is 39.9 Å². The van der Waals surface area contributed by atoms with Crippen molar-refractivity contribution >= 4 is 13.7 Å². The number of carbonyl (C=O) groups excluding carboxylic acids is 1. The molecule has 3 atom stereocenters. The van der Waals surface area contributed by atoms with E-state index >= 15 is 0 Å². The predicted molar refractivity (Wildman–Crippen MR) is 235 cm³/mol. The lowest BCUT2D eigenvalue weighted by Crippen LogP contribution is -2.45. The zero-order valence-corrected chi connectivity index (χ0v) is 38.1. The second-order valence-corrected chi connectivity index (χ2v) is 18.9. The number of unbranched alkanes of at least 4 members (excludes halogenated alkanes) is 30. The molecule has 8 nitrogen and oxygen atoms in total. The molecule has 0 saturated heterocycles. The van der Waals surface area contributed by atoms with Gasteiger partial charge in [0.15, 0.2) is 0 Å². The molecule has 0 bridgehead atoms. The minimum atomic E-state index is -4.33. The molecule has 55 heavy (non-hydrogen) atoms. The number of carbonyl (C=O) groups is 1. The maximum absolute atomic E-state index is 12.8. The van der Waals surface area contributed by atoms with Crippen molar-refractivity contribution in [3.8, 4) is 0 Å². The van der Waals surface area contributed by atoms with E-state index in [1.807, 2.05) is 27.2 Å². The van der Waals surface area contributed by atoms with Crippen LogP contribution in [0, 0.1) is 0 Å². The summed E-state index contributed by atoms with van der Waals surface area (Å²) >= 11 is 0. The van der Waals surface area contributed by atoms with Crippen LogP contribution in [0.15, 0.2) is 12.2 Å². The zero-order chi connectivity index (χ0) is 40.7. The molecule has 0 aromatic rings. The van der Waals surface area contributed by atoms with E-state index in [1.54, 1.807) is 6.08 Å². The second-order valence-electron chi connectivity index (χ2n) is 17.5. The van der Waals surface area contributed by atoms with E-state index in [0.717, 1.165) is 32.1 Å². The summed E-state index contributed by atoms with van der Waals surface area (Å²) in [4.78, 5) is 23.0. The number of amides is 1. The molecule has 0 aliphatic carbocycles. The first-order valence-corrected chi connectivity index (χ1v) is 25.1. The maximum Gasteiger partial charge on any atom is 0.472 e. The molecule has 1 amide bonds. The SMILES string of the molecule is CCCCCCCCCCCCCCCCCCCCCCCCC/C=C/C(O)C(COP(=O)(O)OCC[N+](C)(C)C)NC(=O)CCCCCCCCCC. The third-order valence-corrected chi connectivity index (χ3v) is 11.7. The number of phosphoric ester groups is 1. The number of hydrogen-bond acceptors (Lipinski definition) is 5. The van der Waals surface area contributed by atoms with E-state index in [2.05, 4.69) is 19.2 Å². The van der Waals surface area contributed by atoms with E-state index in [9.17, 15) is 19.4 Å². The average Bonchev–Trinajstić information content (AvgIpc) is 3.13. The normalized spacial score (nSPS) is 14.4. The first-order chi connectivity index (χ1) is 26.5. The van der Waals surface area contributed by atoms with Crippen LogP contribution >= 0.6 is 7.82 Å². The highest BCUT2D eigenvalue weighted by atomic mass is 31.2. The number of aliphatic hydroxyl groups is 1. The summed E-state index contributed by atoms with van der Waals surface area (Å²) in [7, 11) is 1.58. The molecule has 0 spiro atoms. The van der Waals surface area contributed by atoms with Gasteiger partial charge in [0.1, 0.15) is 13.2 Å². The number of rotatable bonds is 43. The van der Waals surface area contributed by atoms with Gasteiger partial charge in [0.2, 0.25) is 5.91 Å². The fourth-order valence-corrected chi connectivity index (χ4v) is 7.72. The van der Waals surface area contributed by atoms with Gasteiger partial charge in [-0.05, 0) is 19.3 Å². The number of phosphoric acid groups is 1. The van der Waals surface area contributed by atoms with Crippen LogP contribution in [0.4, 0.5) is 0 Å². The van der Waals surface area contributed by atoms with Crippen molar-refractivity contribution in [2.24, 2.45) is 0 Å². The molecule has 3 N–H and O–H groups in total. The van der Waals surface area contributed by atoms with E-state index in [1.165, 1.54) is 173 Å². The molecule has 0 rings (SSSR count). The number of nitrogens with one attached hydrogen (secondary N) is 1. The lowest BCUT2D eigenvalue weighted by Gasteiger charge is -2.25. The molecule has 0 aromatic carbocycles. The summed E-state index contributed by atoms with van der Waals surface area (Å²) < 4.78 is 23.5. The highest BCUT2D eigenvalue weighted by molar-refractivity contribution is 7.47. The van der Waals surface area contributed by atoms with Crippen molar-refractivity contribution in [3.05, 3.63) is 12.2 Å². The largest absolute Gasteiger partial charge is 0.472 e. The topological polar surface area (TPSA) is 105 Å². The molecule has 328 valence electrons. The van der Waals surface area contributed by atoms with E-state index < -0.39 is 20.0 Å². The standard InChI is InChI=1S/C46H93N2O6P/c1-6-8-10-12-14-16-17-18-19-20-21-22-23-24-25-26-27-28-29-30-31-32-33-35-37-39-45(49)44(43-54-55(51,52)53-42-41-48(3,4)5)47-46(50)40-38-36-34-15-13-11-9-7-2/h37,39,44-45,49H,6-36,38,40-43H2,1-5H3,(H-,47,50,51,52)/p+1/b39-37+. The van der Waals surface area contributed by atoms with E-state index in [-0.39, 0.29) is 19.1 Å². The third kappa shape index (κ3) is 41.2. The Balaban J connectivity index is 4.14. The van der Waals surface area contributed by atoms with Crippen molar-refractivity contribution in [1.29, 1.82) is 0 Å². The fraction of sp³-hybridized carbons (Fsp3) is 0.935. The molecular formula is C46H94N2O6P+. The Hall–Kier alpha value is -0.760. The average molecular weight is 802 g/mol. The molecule has 0 saturated carbocycles. The van der Waals surface area contributed by atoms with Gasteiger partial charge in [-0.15, -0.1) is 0 Å². The summed E-state index contributed by atoms with van der Waals surface area (Å²) in [6, 6.07) is -0.838. The summed E-state index contributed by atoms with van der Waals surface area (Å²) in [6.45, 7) is 4.80. The number of nitrogens with zero attached hydrogens (tertiary/aromatic N) is 1. The number of aliphatic hydroxyl groups excluding tert-OH is 1. The van der Waals surface area contributed by atoms with Crippen molar-refractivity contribution < 1.29 is 32.9 Å². The Labute approximate surface area is 342 Å². The van der Waals surface area contributed by atoms with Gasteiger partial charge in [0.25, 0.3) is 0 Å². The molecular weight excluding hydrogens is 707 g/mol. The van der Waals surface area contributed by atoms with Crippen LogP contribution in [-0.4, -0.2) is 73.4 Å². The molecule has 3 unspecified atom stereocenters. The zero-order valence-electron chi connectivity index (χ0n) is 37.2. The maximum atomic E-state index is 12.8. The van der Waals surface area contributed by atoms with Gasteiger partial charge in [0, 0.05) is 6.42 Å². The lowest BCUT2D eigenvalue weighted by molar-refractivity contribution is -0.870. The Morgan fingerprint density at radius 3 is 1.35 bits per heavy atom. The highest BCUT2D eigenvalue weighted by Gasteiger charge is 2.27. The monoisotopic (exact) mass is 802 g/mol. The first-order valence-electron chi connectivity index (χ1n) is 23.6. The third-order valence-electron chi connectivity index (χ3n) is 10.8. The van der Waals surface area contributed by atoms with Crippen LogP contribution in [0.2, 0.25) is 0 Å². The summed E-state index contributed by atoms with van der Waals surface area (Å²) in [5, 5.41) is 13.8. The number of allylic oxidation sites excluding steroid dienone is 1. The Bertz CT molecular complexity index is 911. The summed E-state index contributed by atoms with van der Waals surface area (Å²) in [6.07, 6.45) is 44.5. The Morgan fingerprint density at radius 2 is 0.964 bits per heavy atom. The van der Waals surface area contributed by atoms with Crippen LogP contribution in [0.25, 0.3) is 0 Å². The van der Waals surface area contributed by atoms with Gasteiger partial charge in [-0.25, -0.2) is 4.57 Å². The van der Waals surface area contributed by atoms with Gasteiger partial charge in [-0.2, -0.15) is 0 Å². The molecule has 9 heteroatoms. The predicted octanol–water partition coefficient (Wildman–Crippen LogP) is 13.1. The molecule has 0 aliphatic rings. The molecule has 0 fully saturated rings. The van der Waals surface area contributed by atoms with Crippen LogP contribution in [0.3, 0.4) is 0 Å². The van der Waals surface area contributed by atoms with Gasteiger partial charge >= 0.3 is 7.82 Å². The lowest BCUT2D eigenvalue weighted by atomic mass is 10.0. The van der Waals surface area contributed by atoms with Crippen molar-refractivity contribution in [2.75, 3.05) is 40.9 Å². The minimum Gasteiger partial charge on any atom is -0.387 e. The fourth-order valence-electron chi connectivity index (χ4n) is 6.98. The molecule has 0 heterocycles. The molecule has 0 radical (unpaired) electrons. The summed E-state index contributed by atoms with van der Waals surface area (Å²) in [5.74, 6) is -0.180. The van der Waals surface area contributed by atoms with Crippen LogP contribution < -0.4 is 5.32 Å². The highest BCUT2D eigenvalue weighted by Crippen LogP contribution is 2.43. The van der Waals surface area contributed by atoms with Crippen LogP contribution in [-0.2, 0) is 18.4 Å². The Kier molecular flexibility index (Phi) is 38.2.